The van der Waals surface area contributed by atoms with Gasteiger partial charge >= 0.3 is 0 Å². The van der Waals surface area contributed by atoms with Crippen LogP contribution in [0.4, 0.5) is 0 Å². The van der Waals surface area contributed by atoms with Crippen molar-refractivity contribution in [1.82, 2.24) is 5.48 Å². The van der Waals surface area contributed by atoms with Gasteiger partial charge in [-0.1, -0.05) is 12.7 Å². The Morgan fingerprint density at radius 1 is 1.73 bits per heavy atom. The van der Waals surface area contributed by atoms with E-state index in [0.29, 0.717) is 12.2 Å². The minimum atomic E-state index is -0.283. The highest BCUT2D eigenvalue weighted by Crippen LogP contribution is 1.86. The van der Waals surface area contributed by atoms with Gasteiger partial charge in [0.25, 0.3) is 5.91 Å². The second-order valence-corrected chi connectivity index (χ2v) is 2.14. The van der Waals surface area contributed by atoms with E-state index in [9.17, 15) is 4.79 Å². The largest absolute Gasteiger partial charge is 0.273 e. The predicted molar refractivity (Wildman–Crippen MR) is 43.7 cm³/mol. The van der Waals surface area contributed by atoms with Crippen LogP contribution in [-0.4, -0.2) is 12.5 Å². The number of hydroxylamine groups is 1. The first-order valence-electron chi connectivity index (χ1n) is 3.37. The number of nitrogens with one attached hydrogen (secondary N) is 1. The molecule has 0 bridgehead atoms. The summed E-state index contributed by atoms with van der Waals surface area (Å²) in [6.45, 7) is 9.01. The zero-order valence-electron chi connectivity index (χ0n) is 6.72. The number of amides is 1. The van der Waals surface area contributed by atoms with Crippen molar-refractivity contribution in [1.29, 1.82) is 0 Å². The summed E-state index contributed by atoms with van der Waals surface area (Å²) in [7, 11) is 0. The second-order valence-electron chi connectivity index (χ2n) is 2.14. The predicted octanol–water partition coefficient (Wildman–Crippen LogP) is 1.19. The van der Waals surface area contributed by atoms with Crippen LogP contribution in [0.15, 0.2) is 24.8 Å². The van der Waals surface area contributed by atoms with Crippen molar-refractivity contribution in [2.24, 2.45) is 0 Å². The molecule has 0 aliphatic heterocycles. The Hall–Kier alpha value is -1.09. The molecule has 0 fully saturated rings. The van der Waals surface area contributed by atoms with Gasteiger partial charge in [0.05, 0.1) is 6.61 Å². The molecule has 0 heterocycles. The topological polar surface area (TPSA) is 38.3 Å². The van der Waals surface area contributed by atoms with Crippen molar-refractivity contribution < 1.29 is 9.63 Å². The van der Waals surface area contributed by atoms with Crippen LogP contribution in [0.3, 0.4) is 0 Å². The highest BCUT2D eigenvalue weighted by molar-refractivity contribution is 5.91. The van der Waals surface area contributed by atoms with E-state index in [1.807, 2.05) is 0 Å². The van der Waals surface area contributed by atoms with Gasteiger partial charge in [-0.05, 0) is 13.3 Å². The Kier molecular flexibility index (Phi) is 5.11. The molecule has 0 aromatic heterocycles. The van der Waals surface area contributed by atoms with Gasteiger partial charge in [0.2, 0.25) is 0 Å². The van der Waals surface area contributed by atoms with Crippen LogP contribution in [-0.2, 0) is 9.63 Å². The molecular weight excluding hydrogens is 142 g/mol. The zero-order chi connectivity index (χ0) is 8.69. The van der Waals surface area contributed by atoms with Crippen LogP contribution in [0.1, 0.15) is 13.3 Å². The maximum Gasteiger partial charge on any atom is 0.269 e. The summed E-state index contributed by atoms with van der Waals surface area (Å²) >= 11 is 0. The van der Waals surface area contributed by atoms with E-state index in [4.69, 9.17) is 4.84 Å². The molecule has 0 atom stereocenters. The molecule has 0 aliphatic carbocycles. The first-order chi connectivity index (χ1) is 5.18. The van der Waals surface area contributed by atoms with Crippen LogP contribution in [0.25, 0.3) is 0 Å². The van der Waals surface area contributed by atoms with Crippen LogP contribution >= 0.6 is 0 Å². The third-order valence-corrected chi connectivity index (χ3v) is 0.977. The summed E-state index contributed by atoms with van der Waals surface area (Å²) in [6.07, 6.45) is 2.43. The van der Waals surface area contributed by atoms with Crippen molar-refractivity contribution in [3.63, 3.8) is 0 Å². The van der Waals surface area contributed by atoms with E-state index in [2.05, 4.69) is 18.6 Å². The fourth-order valence-corrected chi connectivity index (χ4v) is 0.346. The third-order valence-electron chi connectivity index (χ3n) is 0.977. The number of hydrogen-bond acceptors (Lipinski definition) is 2. The lowest BCUT2D eigenvalue weighted by Gasteiger charge is -2.02. The quantitative estimate of drug-likeness (QED) is 0.280. The van der Waals surface area contributed by atoms with Crippen LogP contribution in [0.2, 0.25) is 0 Å². The number of carbonyl (C=O) groups excluding carboxylic acids is 1. The Morgan fingerprint density at radius 2 is 2.36 bits per heavy atom. The molecule has 0 spiro atoms. The molecule has 0 aromatic carbocycles. The summed E-state index contributed by atoms with van der Waals surface area (Å²) < 4.78 is 0. The standard InChI is InChI=1S/C8H13NO2/c1-4-5-6-11-9-8(10)7(2)3/h4H,1-2,5-6H2,3H3,(H,9,10). The van der Waals surface area contributed by atoms with Crippen molar-refractivity contribution >= 4 is 5.91 Å². The molecule has 62 valence electrons. The molecule has 0 rings (SSSR count). The van der Waals surface area contributed by atoms with Gasteiger partial charge < -0.3 is 0 Å². The lowest BCUT2D eigenvalue weighted by Crippen LogP contribution is -2.24. The van der Waals surface area contributed by atoms with Crippen molar-refractivity contribution in [3.05, 3.63) is 24.8 Å². The van der Waals surface area contributed by atoms with E-state index < -0.39 is 0 Å². The molecule has 0 aromatic rings. The van der Waals surface area contributed by atoms with E-state index in [1.54, 1.807) is 13.0 Å². The normalized spacial score (nSPS) is 8.82. The van der Waals surface area contributed by atoms with Gasteiger partial charge in [0.15, 0.2) is 0 Å². The molecule has 1 amide bonds. The molecule has 0 saturated carbocycles. The lowest BCUT2D eigenvalue weighted by molar-refractivity contribution is -0.129. The first-order valence-corrected chi connectivity index (χ1v) is 3.37. The average molecular weight is 155 g/mol. The van der Waals surface area contributed by atoms with Crippen molar-refractivity contribution in [2.45, 2.75) is 13.3 Å². The average Bonchev–Trinajstić information content (AvgIpc) is 1.97. The fourth-order valence-electron chi connectivity index (χ4n) is 0.346. The van der Waals surface area contributed by atoms with E-state index in [-0.39, 0.29) is 5.91 Å². The molecule has 0 saturated heterocycles. The minimum absolute atomic E-state index is 0.283. The fraction of sp³-hybridized carbons (Fsp3) is 0.375. The van der Waals surface area contributed by atoms with Crippen LogP contribution in [0.5, 0.6) is 0 Å². The van der Waals surface area contributed by atoms with Crippen molar-refractivity contribution in [2.75, 3.05) is 6.61 Å². The molecule has 0 unspecified atom stereocenters. The van der Waals surface area contributed by atoms with Crippen LogP contribution in [0, 0.1) is 0 Å². The molecule has 0 radical (unpaired) electrons. The van der Waals surface area contributed by atoms with E-state index in [1.165, 1.54) is 0 Å². The number of hydrogen-bond donors (Lipinski definition) is 1. The van der Waals surface area contributed by atoms with Gasteiger partial charge in [-0.2, -0.15) is 0 Å². The molecule has 3 heteroatoms. The number of rotatable bonds is 5. The SMILES string of the molecule is C=CCCONC(=O)C(=C)C. The Balaban J connectivity index is 3.31. The molecule has 11 heavy (non-hydrogen) atoms. The van der Waals surface area contributed by atoms with Gasteiger partial charge in [-0.15, -0.1) is 6.58 Å². The minimum Gasteiger partial charge on any atom is -0.273 e. The number of carbonyl (C=O) groups is 1. The summed E-state index contributed by atoms with van der Waals surface area (Å²) in [6, 6.07) is 0. The van der Waals surface area contributed by atoms with E-state index >= 15 is 0 Å². The third kappa shape index (κ3) is 5.36. The monoisotopic (exact) mass is 155 g/mol. The maximum absolute atomic E-state index is 10.7. The maximum atomic E-state index is 10.7. The summed E-state index contributed by atoms with van der Waals surface area (Å²) in [5.41, 5.74) is 2.66. The summed E-state index contributed by atoms with van der Waals surface area (Å²) in [5, 5.41) is 0. The molecule has 3 nitrogen and oxygen atoms in total. The smallest absolute Gasteiger partial charge is 0.269 e. The zero-order valence-corrected chi connectivity index (χ0v) is 6.72. The Bertz CT molecular complexity index is 163. The Labute approximate surface area is 66.7 Å². The van der Waals surface area contributed by atoms with Gasteiger partial charge in [-0.3, -0.25) is 9.63 Å². The van der Waals surface area contributed by atoms with E-state index in [0.717, 1.165) is 6.42 Å². The summed E-state index contributed by atoms with van der Waals surface area (Å²) in [5.74, 6) is -0.283. The molecular formula is C8H13NO2. The Morgan fingerprint density at radius 3 is 2.82 bits per heavy atom. The highest BCUT2D eigenvalue weighted by atomic mass is 16.6. The second kappa shape index (κ2) is 5.68. The van der Waals surface area contributed by atoms with Crippen molar-refractivity contribution in [3.8, 4) is 0 Å². The molecule has 0 aliphatic rings. The highest BCUT2D eigenvalue weighted by Gasteiger charge is 1.98. The molecule has 1 N–H and O–H groups in total. The van der Waals surface area contributed by atoms with Crippen LogP contribution < -0.4 is 5.48 Å². The van der Waals surface area contributed by atoms with Gasteiger partial charge in [0, 0.05) is 5.57 Å². The summed E-state index contributed by atoms with van der Waals surface area (Å²) in [4.78, 5) is 15.5. The first kappa shape index (κ1) is 9.91. The lowest BCUT2D eigenvalue weighted by atomic mass is 10.3. The van der Waals surface area contributed by atoms with Gasteiger partial charge in [-0.25, -0.2) is 5.48 Å². The van der Waals surface area contributed by atoms with Gasteiger partial charge in [0.1, 0.15) is 0 Å².